The molecule has 3 aromatic rings. The first-order chi connectivity index (χ1) is 10.1. The summed E-state index contributed by atoms with van der Waals surface area (Å²) in [7, 11) is 0. The van der Waals surface area contributed by atoms with E-state index in [1.807, 2.05) is 17.7 Å². The van der Waals surface area contributed by atoms with Crippen LogP contribution in [0.4, 0.5) is 11.4 Å². The number of hydrogen-bond acceptors (Lipinski definition) is 6. The minimum Gasteiger partial charge on any atom is -0.378 e. The van der Waals surface area contributed by atoms with Gasteiger partial charge in [-0.05, 0) is 13.0 Å². The van der Waals surface area contributed by atoms with Crippen LogP contribution in [0.25, 0.3) is 10.2 Å². The van der Waals surface area contributed by atoms with Crippen molar-refractivity contribution in [1.29, 1.82) is 0 Å². The molecule has 0 amide bonds. The third-order valence-electron chi connectivity index (χ3n) is 3.05. The van der Waals surface area contributed by atoms with Gasteiger partial charge in [0.15, 0.2) is 0 Å². The summed E-state index contributed by atoms with van der Waals surface area (Å²) in [5.74, 6) is 0. The molecule has 0 bridgehead atoms. The van der Waals surface area contributed by atoms with Crippen LogP contribution in [-0.4, -0.2) is 26.0 Å². The van der Waals surface area contributed by atoms with Crippen LogP contribution in [0.1, 0.15) is 5.01 Å². The largest absolute Gasteiger partial charge is 0.378 e. The van der Waals surface area contributed by atoms with E-state index in [-0.39, 0.29) is 10.6 Å². The van der Waals surface area contributed by atoms with E-state index in [1.54, 1.807) is 24.7 Å². The van der Waals surface area contributed by atoms with Gasteiger partial charge in [-0.2, -0.15) is 0 Å². The highest BCUT2D eigenvalue weighted by Gasteiger charge is 2.16. The zero-order chi connectivity index (χ0) is 14.8. The standard InChI is InChI=1S/C13H13N5O2S/c1-9-16-11-6-10(12(18(19)20)7-13(11)21-9)15-3-5-17-4-2-14-8-17/h2,4,6-8,15H,3,5H2,1H3. The molecule has 3 rings (SSSR count). The molecule has 21 heavy (non-hydrogen) atoms. The summed E-state index contributed by atoms with van der Waals surface area (Å²) in [6.07, 6.45) is 5.26. The van der Waals surface area contributed by atoms with Crippen molar-refractivity contribution in [2.75, 3.05) is 11.9 Å². The predicted molar refractivity (Wildman–Crippen MR) is 81.7 cm³/mol. The van der Waals surface area contributed by atoms with Crippen LogP contribution in [0.2, 0.25) is 0 Å². The lowest BCUT2D eigenvalue weighted by Crippen LogP contribution is -2.10. The van der Waals surface area contributed by atoms with E-state index in [1.165, 1.54) is 11.3 Å². The first kappa shape index (κ1) is 13.5. The molecule has 0 saturated carbocycles. The smallest absolute Gasteiger partial charge is 0.293 e. The highest BCUT2D eigenvalue weighted by Crippen LogP contribution is 2.32. The average molecular weight is 303 g/mol. The molecule has 7 nitrogen and oxygen atoms in total. The van der Waals surface area contributed by atoms with E-state index in [4.69, 9.17) is 0 Å². The lowest BCUT2D eigenvalue weighted by Gasteiger charge is -2.07. The number of nitro groups is 1. The summed E-state index contributed by atoms with van der Waals surface area (Å²) in [5.41, 5.74) is 1.36. The maximum absolute atomic E-state index is 11.2. The van der Waals surface area contributed by atoms with Crippen molar-refractivity contribution in [3.05, 3.63) is 46.0 Å². The van der Waals surface area contributed by atoms with Gasteiger partial charge in [0.2, 0.25) is 0 Å². The number of benzene rings is 1. The number of nitrogens with one attached hydrogen (secondary N) is 1. The number of imidazole rings is 1. The first-order valence-corrected chi connectivity index (χ1v) is 7.20. The molecule has 0 unspecified atom stereocenters. The van der Waals surface area contributed by atoms with Crippen molar-refractivity contribution in [3.63, 3.8) is 0 Å². The van der Waals surface area contributed by atoms with Gasteiger partial charge in [-0.15, -0.1) is 11.3 Å². The third kappa shape index (κ3) is 2.84. The number of thiazole rings is 1. The zero-order valence-corrected chi connectivity index (χ0v) is 12.1. The highest BCUT2D eigenvalue weighted by atomic mass is 32.1. The van der Waals surface area contributed by atoms with Crippen LogP contribution in [0, 0.1) is 17.0 Å². The van der Waals surface area contributed by atoms with E-state index in [0.717, 1.165) is 15.2 Å². The van der Waals surface area contributed by atoms with E-state index in [2.05, 4.69) is 15.3 Å². The minimum atomic E-state index is -0.367. The van der Waals surface area contributed by atoms with Crippen molar-refractivity contribution in [2.24, 2.45) is 0 Å². The first-order valence-electron chi connectivity index (χ1n) is 6.38. The summed E-state index contributed by atoms with van der Waals surface area (Å²) in [4.78, 5) is 19.2. The van der Waals surface area contributed by atoms with Gasteiger partial charge in [0.05, 0.1) is 26.5 Å². The summed E-state index contributed by atoms with van der Waals surface area (Å²) in [6.45, 7) is 3.15. The molecule has 0 radical (unpaired) electrons. The Kier molecular flexibility index (Phi) is 3.53. The Bertz CT molecular complexity index is 781. The average Bonchev–Trinajstić information content (AvgIpc) is 3.05. The van der Waals surface area contributed by atoms with Crippen LogP contribution in [0.5, 0.6) is 0 Å². The van der Waals surface area contributed by atoms with Crippen molar-refractivity contribution in [3.8, 4) is 0 Å². The number of anilines is 1. The summed E-state index contributed by atoms with van der Waals surface area (Å²) in [5, 5.41) is 15.2. The Morgan fingerprint density at radius 1 is 1.48 bits per heavy atom. The second kappa shape index (κ2) is 5.49. The topological polar surface area (TPSA) is 85.9 Å². The monoisotopic (exact) mass is 303 g/mol. The van der Waals surface area contributed by atoms with Gasteiger partial charge in [0, 0.05) is 31.5 Å². The highest BCUT2D eigenvalue weighted by molar-refractivity contribution is 7.18. The normalized spacial score (nSPS) is 10.9. The van der Waals surface area contributed by atoms with Gasteiger partial charge in [0.1, 0.15) is 5.69 Å². The quantitative estimate of drug-likeness (QED) is 0.578. The second-order valence-corrected chi connectivity index (χ2v) is 5.79. The Morgan fingerprint density at radius 3 is 3.05 bits per heavy atom. The van der Waals surface area contributed by atoms with Crippen LogP contribution >= 0.6 is 11.3 Å². The molecule has 0 fully saturated rings. The molecule has 0 aliphatic rings. The lowest BCUT2D eigenvalue weighted by molar-refractivity contribution is -0.383. The Hall–Kier alpha value is -2.48. The third-order valence-corrected chi connectivity index (χ3v) is 3.99. The predicted octanol–water partition coefficient (Wildman–Crippen LogP) is 2.82. The van der Waals surface area contributed by atoms with Crippen LogP contribution in [-0.2, 0) is 6.54 Å². The van der Waals surface area contributed by atoms with E-state index in [9.17, 15) is 10.1 Å². The number of fused-ring (bicyclic) bond motifs is 1. The number of aromatic nitrogens is 3. The Balaban J connectivity index is 1.84. The van der Waals surface area contributed by atoms with Crippen molar-refractivity contribution in [2.45, 2.75) is 13.5 Å². The van der Waals surface area contributed by atoms with Gasteiger partial charge >= 0.3 is 0 Å². The molecule has 0 saturated heterocycles. The molecule has 0 spiro atoms. The fraction of sp³-hybridized carbons (Fsp3) is 0.231. The van der Waals surface area contributed by atoms with Crippen LogP contribution < -0.4 is 5.32 Å². The molecule has 2 aromatic heterocycles. The fourth-order valence-electron chi connectivity index (χ4n) is 2.11. The molecule has 0 aliphatic carbocycles. The molecule has 0 aliphatic heterocycles. The zero-order valence-electron chi connectivity index (χ0n) is 11.3. The van der Waals surface area contributed by atoms with Crippen molar-refractivity contribution >= 4 is 32.9 Å². The van der Waals surface area contributed by atoms with Crippen molar-refractivity contribution < 1.29 is 4.92 Å². The minimum absolute atomic E-state index is 0.0804. The molecular weight excluding hydrogens is 290 g/mol. The summed E-state index contributed by atoms with van der Waals surface area (Å²) >= 11 is 1.46. The summed E-state index contributed by atoms with van der Waals surface area (Å²) < 4.78 is 2.74. The van der Waals surface area contributed by atoms with Gasteiger partial charge in [-0.1, -0.05) is 0 Å². The maximum atomic E-state index is 11.2. The molecule has 108 valence electrons. The second-order valence-electron chi connectivity index (χ2n) is 4.55. The van der Waals surface area contributed by atoms with E-state index >= 15 is 0 Å². The number of hydrogen-bond donors (Lipinski definition) is 1. The van der Waals surface area contributed by atoms with E-state index < -0.39 is 0 Å². The molecule has 1 N–H and O–H groups in total. The van der Waals surface area contributed by atoms with Gasteiger partial charge < -0.3 is 9.88 Å². The number of nitro benzene ring substituents is 1. The Morgan fingerprint density at radius 2 is 2.33 bits per heavy atom. The number of aryl methyl sites for hydroxylation is 1. The van der Waals surface area contributed by atoms with Crippen LogP contribution in [0.3, 0.4) is 0 Å². The Labute approximate surface area is 124 Å². The lowest BCUT2D eigenvalue weighted by atomic mass is 10.2. The van der Waals surface area contributed by atoms with Crippen molar-refractivity contribution in [1.82, 2.24) is 14.5 Å². The van der Waals surface area contributed by atoms with Crippen LogP contribution in [0.15, 0.2) is 30.9 Å². The van der Waals surface area contributed by atoms with Gasteiger partial charge in [-0.25, -0.2) is 9.97 Å². The van der Waals surface area contributed by atoms with E-state index in [0.29, 0.717) is 18.8 Å². The SMILES string of the molecule is Cc1nc2cc(NCCn3ccnc3)c([N+](=O)[O-])cc2s1. The number of rotatable bonds is 5. The maximum Gasteiger partial charge on any atom is 0.293 e. The molecule has 8 heteroatoms. The van der Waals surface area contributed by atoms with Gasteiger partial charge in [-0.3, -0.25) is 10.1 Å². The molecule has 0 atom stereocenters. The van der Waals surface area contributed by atoms with Gasteiger partial charge in [0.25, 0.3) is 5.69 Å². The fourth-order valence-corrected chi connectivity index (χ4v) is 2.95. The molecular formula is C13H13N5O2S. The molecule has 2 heterocycles. The summed E-state index contributed by atoms with van der Waals surface area (Å²) in [6, 6.07) is 3.32. The number of nitrogens with zero attached hydrogens (tertiary/aromatic N) is 4. The molecule has 1 aromatic carbocycles.